The summed E-state index contributed by atoms with van der Waals surface area (Å²) < 4.78 is 13.7. The summed E-state index contributed by atoms with van der Waals surface area (Å²) in [5.74, 6) is 1.07. The van der Waals surface area contributed by atoms with E-state index in [4.69, 9.17) is 0 Å². The Bertz CT molecular complexity index is 2080. The number of carbonyl (C=O) groups excluding carboxylic acids is 2. The average molecular weight is 717 g/mol. The molecule has 13 heteroatoms. The van der Waals surface area contributed by atoms with Gasteiger partial charge in [-0.05, 0) is 53.5 Å². The fourth-order valence-corrected chi connectivity index (χ4v) is 7.92. The zero-order chi connectivity index (χ0) is 36.5. The molecule has 0 radical (unpaired) electrons. The number of hydrogen-bond acceptors (Lipinski definition) is 6. The van der Waals surface area contributed by atoms with Crippen LogP contribution in [-0.2, 0) is 9.59 Å². The molecule has 5 atom stereocenters. The molecule has 3 aliphatic rings. The number of alkyl halides is 1. The Hall–Kier alpha value is -5.82. The highest BCUT2D eigenvalue weighted by atomic mass is 19.1. The highest BCUT2D eigenvalue weighted by molar-refractivity contribution is 5.87. The Labute approximate surface area is 305 Å². The molecule has 5 N–H and O–H groups in total. The van der Waals surface area contributed by atoms with Crippen LogP contribution < -0.4 is 10.6 Å². The molecule has 12 nitrogen and oxygen atoms in total. The van der Waals surface area contributed by atoms with Gasteiger partial charge in [0.15, 0.2) is 0 Å². The minimum atomic E-state index is -1.26. The maximum absolute atomic E-state index is 13.7. The fraction of sp³-hybridized carbons (Fsp3) is 0.325. The van der Waals surface area contributed by atoms with E-state index in [1.54, 1.807) is 41.6 Å². The molecule has 5 aromatic rings. The van der Waals surface area contributed by atoms with Crippen molar-refractivity contribution in [3.8, 4) is 33.6 Å². The van der Waals surface area contributed by atoms with Gasteiger partial charge in [-0.15, -0.1) is 0 Å². The van der Waals surface area contributed by atoms with Gasteiger partial charge in [-0.1, -0.05) is 78.9 Å². The molecule has 3 aliphatic heterocycles. The number of amides is 3. The molecule has 0 unspecified atom stereocenters. The average Bonchev–Trinajstić information content (AvgIpc) is 4.03. The summed E-state index contributed by atoms with van der Waals surface area (Å²) in [5, 5.41) is 14.9. The number of H-pyrrole nitrogens is 2. The first-order valence-corrected chi connectivity index (χ1v) is 18.2. The number of carbonyl (C=O) groups is 3. The van der Waals surface area contributed by atoms with Crippen LogP contribution in [0.2, 0.25) is 0 Å². The minimum absolute atomic E-state index is 0.0501. The number of rotatable bonds is 9. The van der Waals surface area contributed by atoms with Crippen molar-refractivity contribution >= 4 is 17.9 Å². The maximum Gasteiger partial charge on any atom is 0.405 e. The first kappa shape index (κ1) is 34.3. The van der Waals surface area contributed by atoms with Crippen molar-refractivity contribution in [3.05, 3.63) is 108 Å². The van der Waals surface area contributed by atoms with Crippen molar-refractivity contribution in [1.29, 1.82) is 0 Å². The first-order chi connectivity index (χ1) is 25.8. The Morgan fingerprint density at radius 1 is 0.755 bits per heavy atom. The van der Waals surface area contributed by atoms with E-state index in [0.717, 1.165) is 65.1 Å². The quantitative estimate of drug-likeness (QED) is 0.122. The van der Waals surface area contributed by atoms with Gasteiger partial charge in [-0.25, -0.2) is 19.2 Å². The molecule has 0 spiro atoms. The highest BCUT2D eigenvalue weighted by Gasteiger charge is 2.39. The van der Waals surface area contributed by atoms with Gasteiger partial charge in [0.25, 0.3) is 5.91 Å². The molecule has 0 aliphatic carbocycles. The number of aromatic amines is 2. The fourth-order valence-electron chi connectivity index (χ4n) is 7.92. The standard InChI is InChI=1S/C40H41FN8O4/c41-29-20-30(42-21-29)38(50)48-18-4-8-33(48)36-43-22-31(45-36)26-14-10-24(11-15-26)25-12-16-27(17-13-25)32-23-44-37(46-32)34-9-5-19-49(34)39(51)35(47-40(52)53)28-6-2-1-3-7-28/h1-3,6-7,10-17,22-23,29-30,33-35,42,47H,4-5,8-9,18-21H2,(H,43,45)(H,44,46)(H,52,53)/t29-,30+,33-,34-,35+/m0/s1. The monoisotopic (exact) mass is 716 g/mol. The molecule has 5 heterocycles. The zero-order valence-corrected chi connectivity index (χ0v) is 29.0. The van der Waals surface area contributed by atoms with E-state index in [1.165, 1.54) is 0 Å². The van der Waals surface area contributed by atoms with Gasteiger partial charge in [0, 0.05) is 26.1 Å². The van der Waals surface area contributed by atoms with Crippen LogP contribution in [0.15, 0.2) is 91.3 Å². The van der Waals surface area contributed by atoms with E-state index in [9.17, 15) is 23.9 Å². The lowest BCUT2D eigenvalue weighted by molar-refractivity contribution is -0.135. The van der Waals surface area contributed by atoms with Gasteiger partial charge >= 0.3 is 6.09 Å². The Kier molecular flexibility index (Phi) is 9.48. The lowest BCUT2D eigenvalue weighted by Gasteiger charge is -2.28. The summed E-state index contributed by atoms with van der Waals surface area (Å²) in [7, 11) is 0. The number of halogens is 1. The maximum atomic E-state index is 13.7. The molecule has 272 valence electrons. The van der Waals surface area contributed by atoms with Gasteiger partial charge in [0.2, 0.25) is 5.91 Å². The molecule has 3 aromatic carbocycles. The third-order valence-electron chi connectivity index (χ3n) is 10.6. The minimum Gasteiger partial charge on any atom is -0.465 e. The number of nitrogens with zero attached hydrogens (tertiary/aromatic N) is 4. The second kappa shape index (κ2) is 14.7. The predicted molar refractivity (Wildman–Crippen MR) is 196 cm³/mol. The van der Waals surface area contributed by atoms with Crippen LogP contribution in [0.5, 0.6) is 0 Å². The summed E-state index contributed by atoms with van der Waals surface area (Å²) in [5.41, 5.74) is 6.32. The normalized spacial score (nSPS) is 21.9. The van der Waals surface area contributed by atoms with Crippen LogP contribution in [0.1, 0.15) is 67.4 Å². The van der Waals surface area contributed by atoms with E-state index in [0.29, 0.717) is 24.5 Å². The molecule has 0 saturated carbocycles. The van der Waals surface area contributed by atoms with Gasteiger partial charge in [-0.3, -0.25) is 9.59 Å². The molecular formula is C40H41FN8O4. The Morgan fingerprint density at radius 3 is 1.81 bits per heavy atom. The Balaban J connectivity index is 0.925. The number of hydrogen-bond donors (Lipinski definition) is 5. The SMILES string of the molecule is O=C(O)N[C@@H](C(=O)N1CCC[C@H]1c1ncc(-c2ccc(-c3ccc(-c4cnc([C@@H]5CCCN5C(=O)[C@H]5C[C@H](F)CN5)[nH]4)cc3)cc2)[nH]1)c1ccccc1. The zero-order valence-electron chi connectivity index (χ0n) is 29.0. The van der Waals surface area contributed by atoms with Crippen molar-refractivity contribution in [2.24, 2.45) is 0 Å². The van der Waals surface area contributed by atoms with E-state index >= 15 is 0 Å². The molecule has 8 rings (SSSR count). The van der Waals surface area contributed by atoms with Crippen molar-refractivity contribution in [2.75, 3.05) is 19.6 Å². The van der Waals surface area contributed by atoms with Crippen molar-refractivity contribution in [3.63, 3.8) is 0 Å². The largest absolute Gasteiger partial charge is 0.465 e. The molecule has 2 aromatic heterocycles. The molecule has 53 heavy (non-hydrogen) atoms. The van der Waals surface area contributed by atoms with Crippen LogP contribution in [0.25, 0.3) is 33.6 Å². The van der Waals surface area contributed by atoms with Gasteiger partial charge in [0.1, 0.15) is 23.9 Å². The summed E-state index contributed by atoms with van der Waals surface area (Å²) in [4.78, 5) is 58.1. The molecule has 3 amide bonds. The molecule has 0 bridgehead atoms. The Morgan fingerprint density at radius 2 is 1.28 bits per heavy atom. The topological polar surface area (TPSA) is 159 Å². The van der Waals surface area contributed by atoms with E-state index < -0.39 is 24.3 Å². The van der Waals surface area contributed by atoms with Gasteiger partial charge < -0.3 is 35.5 Å². The molecule has 3 saturated heterocycles. The predicted octanol–water partition coefficient (Wildman–Crippen LogP) is 6.17. The van der Waals surface area contributed by atoms with Gasteiger partial charge in [-0.2, -0.15) is 0 Å². The number of imidazole rings is 2. The number of carboxylic acid groups (broad SMARTS) is 1. The highest BCUT2D eigenvalue weighted by Crippen LogP contribution is 2.36. The van der Waals surface area contributed by atoms with E-state index in [2.05, 4.69) is 54.8 Å². The second-order valence-corrected chi connectivity index (χ2v) is 14.0. The first-order valence-electron chi connectivity index (χ1n) is 18.2. The molecular weight excluding hydrogens is 675 g/mol. The van der Waals surface area contributed by atoms with Gasteiger partial charge in [0.05, 0.1) is 41.9 Å². The van der Waals surface area contributed by atoms with Crippen LogP contribution in [-0.4, -0.2) is 84.6 Å². The summed E-state index contributed by atoms with van der Waals surface area (Å²) in [6.07, 6.45) is 4.78. The summed E-state index contributed by atoms with van der Waals surface area (Å²) >= 11 is 0. The number of likely N-dealkylation sites (tertiary alicyclic amines) is 2. The number of benzene rings is 3. The van der Waals surface area contributed by atoms with Crippen molar-refractivity contribution < 1.29 is 23.9 Å². The molecule has 3 fully saturated rings. The van der Waals surface area contributed by atoms with Crippen molar-refractivity contribution in [1.82, 2.24) is 40.4 Å². The number of aromatic nitrogens is 4. The van der Waals surface area contributed by atoms with Crippen LogP contribution in [0, 0.1) is 0 Å². The van der Waals surface area contributed by atoms with Crippen LogP contribution in [0.3, 0.4) is 0 Å². The van der Waals surface area contributed by atoms with E-state index in [1.807, 2.05) is 35.2 Å². The number of nitrogens with one attached hydrogen (secondary N) is 4. The lowest BCUT2D eigenvalue weighted by Crippen LogP contribution is -2.43. The van der Waals surface area contributed by atoms with Crippen LogP contribution in [0.4, 0.5) is 9.18 Å². The van der Waals surface area contributed by atoms with E-state index in [-0.39, 0.29) is 36.9 Å². The van der Waals surface area contributed by atoms with Crippen LogP contribution >= 0.6 is 0 Å². The van der Waals surface area contributed by atoms with Crippen molar-refractivity contribution in [2.45, 2.75) is 62.4 Å². The summed E-state index contributed by atoms with van der Waals surface area (Å²) in [6, 6.07) is 23.4. The third kappa shape index (κ3) is 7.04. The lowest BCUT2D eigenvalue weighted by atomic mass is 10.0. The smallest absolute Gasteiger partial charge is 0.405 e. The third-order valence-corrected chi connectivity index (χ3v) is 10.6. The summed E-state index contributed by atoms with van der Waals surface area (Å²) in [6.45, 7) is 1.39. The second-order valence-electron chi connectivity index (χ2n) is 14.0.